The zero-order valence-corrected chi connectivity index (χ0v) is 65.3. The molecule has 4 aliphatic rings. The highest BCUT2D eigenvalue weighted by molar-refractivity contribution is 6.31. The average Bonchev–Trinajstić information content (AvgIpc) is 1.70. The van der Waals surface area contributed by atoms with Crippen LogP contribution in [0.5, 0.6) is 11.5 Å². The van der Waals surface area contributed by atoms with E-state index in [1.165, 1.54) is 11.1 Å². The van der Waals surface area contributed by atoms with Crippen molar-refractivity contribution < 1.29 is 66.4 Å². The minimum atomic E-state index is -1.50. The minimum absolute atomic E-state index is 0.262. The van der Waals surface area contributed by atoms with Gasteiger partial charge in [-0.1, -0.05) is 255 Å². The summed E-state index contributed by atoms with van der Waals surface area (Å²) in [5.74, 6) is -1.06. The zero-order chi connectivity index (χ0) is 75.8. The van der Waals surface area contributed by atoms with E-state index in [2.05, 4.69) is 111 Å². The molecule has 14 nitrogen and oxygen atoms in total. The molecule has 10 aromatic rings. The predicted molar refractivity (Wildman–Crippen MR) is 423 cm³/mol. The van der Waals surface area contributed by atoms with Crippen LogP contribution in [0.2, 0.25) is 10.0 Å². The van der Waals surface area contributed by atoms with Gasteiger partial charge in [0, 0.05) is 48.2 Å². The Morgan fingerprint density at radius 2 is 0.734 bits per heavy atom. The first-order chi connectivity index (χ1) is 53.1. The van der Waals surface area contributed by atoms with Crippen LogP contribution >= 0.6 is 23.2 Å². The smallest absolute Gasteiger partial charge is 0.247 e. The summed E-state index contributed by atoms with van der Waals surface area (Å²) in [6.45, 7) is 11.3. The van der Waals surface area contributed by atoms with Crippen LogP contribution in [-0.2, 0) is 129 Å². The van der Waals surface area contributed by atoms with Crippen molar-refractivity contribution in [2.75, 3.05) is 34.0 Å². The summed E-state index contributed by atoms with van der Waals surface area (Å²) in [5, 5.41) is 12.2. The molecular formula is C92H97Cl2O14Si. The molecule has 14 rings (SSSR count). The molecule has 0 saturated carbocycles. The quantitative estimate of drug-likeness (QED) is 0.0412. The van der Waals surface area contributed by atoms with Gasteiger partial charge in [0.15, 0.2) is 0 Å². The van der Waals surface area contributed by atoms with Gasteiger partial charge in [0.05, 0.1) is 71.2 Å². The lowest BCUT2D eigenvalue weighted by Crippen LogP contribution is -2.66. The van der Waals surface area contributed by atoms with E-state index >= 15 is 0 Å². The van der Waals surface area contributed by atoms with Crippen molar-refractivity contribution in [2.24, 2.45) is 5.41 Å². The molecule has 2 saturated heterocycles. The molecule has 2 fully saturated rings. The standard InChI is InChI=1S/C49H54ClO7Si.C43H43ClO7/c1-47(2,48(3,4)57-58)30-43-44(53-31-34-15-9-6-10-16-34)45(54-32-35-17-11-7-12-18-35)46(55-33-36-19-13-8-14-20-36)49(51-5,56-43)40-22-23-41(50)39(29-40)28-37-21-24-42-38(27-37)25-26-52-42;1-46-43(36-18-19-37(44)35(25-36)24-33-17-20-38-34(23-33)21-22-47-38)42(50-29-32-15-9-4-10-16-32)41(49-28-31-13-7-3-8-14-31)40(39(26-45)51-43)48-27-30-11-5-2-6-12-30/h6-24,27,29,43-46H,25-26,28,30-33H2,1-5H3;2-20,23,25,39-42,45H,21-22,24,26-29H2,1H3/t43-,44-,45+,46-,49+;39-,40-,41+,42-,43+/m11/s1. The second-order valence-electron chi connectivity index (χ2n) is 29.5. The summed E-state index contributed by atoms with van der Waals surface area (Å²) in [6, 6.07) is 84.8. The molecule has 4 aliphatic heterocycles. The minimum Gasteiger partial charge on any atom is -0.493 e. The van der Waals surface area contributed by atoms with Crippen molar-refractivity contribution in [1.29, 1.82) is 0 Å². The molecule has 0 aromatic heterocycles. The Kier molecular flexibility index (Phi) is 26.9. The fourth-order valence-electron chi connectivity index (χ4n) is 14.9. The van der Waals surface area contributed by atoms with Crippen molar-refractivity contribution in [3.63, 3.8) is 0 Å². The van der Waals surface area contributed by atoms with Crippen LogP contribution in [0.4, 0.5) is 0 Å². The molecule has 10 atom stereocenters. The molecular weight excluding hydrogens is 1430 g/mol. The number of benzene rings is 10. The number of aliphatic hydroxyl groups is 1. The van der Waals surface area contributed by atoms with Crippen molar-refractivity contribution in [2.45, 2.75) is 165 Å². The molecule has 567 valence electrons. The van der Waals surface area contributed by atoms with Gasteiger partial charge in [-0.3, -0.25) is 0 Å². The molecule has 3 radical (unpaired) electrons. The molecule has 17 heteroatoms. The van der Waals surface area contributed by atoms with Crippen LogP contribution in [0.3, 0.4) is 0 Å². The normalized spacial score (nSPS) is 22.4. The van der Waals surface area contributed by atoms with Crippen molar-refractivity contribution >= 4 is 33.7 Å². The first-order valence-electron chi connectivity index (χ1n) is 37.5. The van der Waals surface area contributed by atoms with Gasteiger partial charge in [-0.25, -0.2) is 0 Å². The summed E-state index contributed by atoms with van der Waals surface area (Å²) in [6.07, 6.45) is -2.16. The maximum absolute atomic E-state index is 10.9. The number of hydrogen-bond acceptors (Lipinski definition) is 14. The molecule has 1 N–H and O–H groups in total. The summed E-state index contributed by atoms with van der Waals surface area (Å²) in [5.41, 5.74) is 13.0. The number of hydrogen-bond donors (Lipinski definition) is 1. The lowest BCUT2D eigenvalue weighted by molar-refractivity contribution is -0.385. The van der Waals surface area contributed by atoms with Crippen LogP contribution in [0, 0.1) is 5.41 Å². The Bertz CT molecular complexity index is 4510. The molecule has 0 unspecified atom stereocenters. The highest BCUT2D eigenvalue weighted by Crippen LogP contribution is 2.50. The Labute approximate surface area is 655 Å². The fraction of sp³-hybridized carbons (Fsp3) is 0.348. The predicted octanol–water partition coefficient (Wildman–Crippen LogP) is 17.9. The molecule has 10 aromatic carbocycles. The number of ether oxygens (including phenoxy) is 12. The van der Waals surface area contributed by atoms with Crippen LogP contribution in [0.15, 0.2) is 255 Å². The van der Waals surface area contributed by atoms with E-state index in [0.29, 0.717) is 67.9 Å². The molecule has 0 amide bonds. The number of halogens is 2. The first-order valence-corrected chi connectivity index (χ1v) is 38.7. The van der Waals surface area contributed by atoms with Crippen LogP contribution < -0.4 is 9.47 Å². The largest absolute Gasteiger partial charge is 0.493 e. The molecule has 0 aliphatic carbocycles. The van der Waals surface area contributed by atoms with E-state index < -0.39 is 71.4 Å². The molecule has 109 heavy (non-hydrogen) atoms. The van der Waals surface area contributed by atoms with Gasteiger partial charge < -0.3 is 66.4 Å². The summed E-state index contributed by atoms with van der Waals surface area (Å²) in [4.78, 5) is 0. The van der Waals surface area contributed by atoms with E-state index in [-0.39, 0.29) is 26.4 Å². The van der Waals surface area contributed by atoms with Gasteiger partial charge in [0.25, 0.3) is 0 Å². The van der Waals surface area contributed by atoms with E-state index in [4.69, 9.17) is 84.5 Å². The maximum Gasteiger partial charge on any atom is 0.247 e. The number of fused-ring (bicyclic) bond motifs is 2. The fourth-order valence-corrected chi connectivity index (χ4v) is 15.5. The third-order valence-electron chi connectivity index (χ3n) is 21.6. The third-order valence-corrected chi connectivity index (χ3v) is 22.9. The Hall–Kier alpha value is -7.88. The second-order valence-corrected chi connectivity index (χ2v) is 30.5. The van der Waals surface area contributed by atoms with Crippen LogP contribution in [-0.4, -0.2) is 104 Å². The number of aliphatic hydroxyl groups excluding tert-OH is 1. The van der Waals surface area contributed by atoms with Crippen molar-refractivity contribution in [3.05, 3.63) is 343 Å². The molecule has 4 heterocycles. The average molecular weight is 1530 g/mol. The summed E-state index contributed by atoms with van der Waals surface area (Å²) >= 11 is 13.9. The van der Waals surface area contributed by atoms with Gasteiger partial charge in [-0.15, -0.1) is 0 Å². The van der Waals surface area contributed by atoms with Gasteiger partial charge in [0.1, 0.15) is 54.2 Å². The molecule has 0 bridgehead atoms. The summed E-state index contributed by atoms with van der Waals surface area (Å²) in [7, 11) is 6.67. The Morgan fingerprint density at radius 3 is 1.07 bits per heavy atom. The van der Waals surface area contributed by atoms with E-state index in [1.807, 2.05) is 182 Å². The van der Waals surface area contributed by atoms with Gasteiger partial charge in [0.2, 0.25) is 22.1 Å². The maximum atomic E-state index is 10.9. The van der Waals surface area contributed by atoms with E-state index in [0.717, 1.165) is 85.5 Å². The highest BCUT2D eigenvalue weighted by Gasteiger charge is 2.61. The SMILES string of the molecule is CO[C@@]1(c2ccc(Cl)c(Cc3ccc4c(c3)CCO4)c2)O[C@H](CC(C)(C)C(C)(C)O[Si])[C@@H](OCc2ccccc2)[C@H](OCc2ccccc2)[C@H]1OCc1ccccc1.CO[C@@]1(c2ccc(Cl)c(Cc3ccc4c(c3)CCO4)c2)O[C@H](CO)[C@@H](OCc2ccccc2)[C@H](OCc2ccccc2)[C@H]1OCc1ccccc1. The zero-order valence-electron chi connectivity index (χ0n) is 62.8. The lowest BCUT2D eigenvalue weighted by atomic mass is 9.71. The van der Waals surface area contributed by atoms with Gasteiger partial charge in [-0.05, 0) is 142 Å². The third kappa shape index (κ3) is 19.0. The van der Waals surface area contributed by atoms with Crippen LogP contribution in [0.25, 0.3) is 0 Å². The number of methoxy groups -OCH3 is 2. The monoisotopic (exact) mass is 1520 g/mol. The summed E-state index contributed by atoms with van der Waals surface area (Å²) < 4.78 is 86.5. The van der Waals surface area contributed by atoms with Gasteiger partial charge >= 0.3 is 0 Å². The second kappa shape index (κ2) is 37.0. The number of rotatable bonds is 31. The highest BCUT2D eigenvalue weighted by atomic mass is 35.5. The Balaban J connectivity index is 0.000000193. The Morgan fingerprint density at radius 1 is 0.404 bits per heavy atom. The molecule has 0 spiro atoms. The van der Waals surface area contributed by atoms with Crippen molar-refractivity contribution in [3.8, 4) is 11.5 Å². The van der Waals surface area contributed by atoms with Crippen LogP contribution in [0.1, 0.15) is 112 Å². The van der Waals surface area contributed by atoms with Gasteiger partial charge in [-0.2, -0.15) is 0 Å². The topological polar surface area (TPSA) is 140 Å². The van der Waals surface area contributed by atoms with E-state index in [1.54, 1.807) is 14.2 Å². The van der Waals surface area contributed by atoms with Crippen molar-refractivity contribution in [1.82, 2.24) is 0 Å². The van der Waals surface area contributed by atoms with E-state index in [9.17, 15) is 5.11 Å². The first kappa shape index (κ1) is 79.2. The lowest BCUT2D eigenvalue weighted by Gasteiger charge is -2.54.